The Bertz CT molecular complexity index is 580. The van der Waals surface area contributed by atoms with Gasteiger partial charge >= 0.3 is 0 Å². The van der Waals surface area contributed by atoms with Crippen LogP contribution >= 0.6 is 9.39 Å². The van der Waals surface area contributed by atoms with Crippen LogP contribution in [-0.4, -0.2) is 20.2 Å². The Kier molecular flexibility index (Phi) is 4.20. The van der Waals surface area contributed by atoms with Gasteiger partial charge in [0.15, 0.2) is 5.82 Å². The molecule has 5 nitrogen and oxygen atoms in total. The van der Waals surface area contributed by atoms with Crippen molar-refractivity contribution in [3.05, 3.63) is 48.5 Å². The van der Waals surface area contributed by atoms with Gasteiger partial charge in [0.05, 0.1) is 0 Å². The third-order valence-electron chi connectivity index (χ3n) is 2.37. The molecule has 0 amide bonds. The van der Waals surface area contributed by atoms with Gasteiger partial charge in [0, 0.05) is 18.3 Å². The first-order valence-corrected chi connectivity index (χ1v) is 6.02. The molecule has 2 aromatic rings. The molecule has 1 atom stereocenters. The average molecular weight is 259 g/mol. The SMILES string of the molecule is Cn1nnnc1-c1cccccc(NP)ccc1. The van der Waals surface area contributed by atoms with E-state index in [1.807, 2.05) is 55.6 Å². The average Bonchev–Trinajstić information content (AvgIpc) is 2.81. The smallest absolute Gasteiger partial charge is 0.181 e. The molecule has 18 heavy (non-hydrogen) atoms. The number of tetrazole rings is 1. The van der Waals surface area contributed by atoms with Gasteiger partial charge in [0.1, 0.15) is 0 Å². The fourth-order valence-corrected chi connectivity index (χ4v) is 1.66. The van der Waals surface area contributed by atoms with E-state index < -0.39 is 0 Å². The van der Waals surface area contributed by atoms with Crippen molar-refractivity contribution < 1.29 is 0 Å². The summed E-state index contributed by atoms with van der Waals surface area (Å²) in [6.45, 7) is 0. The van der Waals surface area contributed by atoms with Gasteiger partial charge < -0.3 is 5.09 Å². The molecule has 0 fully saturated rings. The zero-order valence-electron chi connectivity index (χ0n) is 9.99. The Balaban J connectivity index is 2.52. The van der Waals surface area contributed by atoms with E-state index in [9.17, 15) is 0 Å². The molecule has 0 bridgehead atoms. The highest BCUT2D eigenvalue weighted by Crippen LogP contribution is 2.12. The predicted molar refractivity (Wildman–Crippen MR) is 75.2 cm³/mol. The summed E-state index contributed by atoms with van der Waals surface area (Å²) in [6.07, 6.45) is 0. The highest BCUT2D eigenvalue weighted by atomic mass is 31.0. The maximum absolute atomic E-state index is 3.99. The highest BCUT2D eigenvalue weighted by molar-refractivity contribution is 7.18. The maximum atomic E-state index is 3.99. The largest absolute Gasteiger partial charge is 0.369 e. The van der Waals surface area contributed by atoms with E-state index in [-0.39, 0.29) is 0 Å². The molecule has 1 heterocycles. The van der Waals surface area contributed by atoms with E-state index in [1.165, 1.54) is 0 Å². The number of aryl methyl sites for hydroxylation is 1. The van der Waals surface area contributed by atoms with Gasteiger partial charge in [-0.25, -0.2) is 4.68 Å². The van der Waals surface area contributed by atoms with Gasteiger partial charge in [0.25, 0.3) is 0 Å². The lowest BCUT2D eigenvalue weighted by Gasteiger charge is -1.96. The third kappa shape index (κ3) is 3.02. The molecule has 0 aliphatic heterocycles. The molecule has 0 saturated carbocycles. The van der Waals surface area contributed by atoms with Crippen LogP contribution in [0.5, 0.6) is 0 Å². The number of anilines is 1. The minimum atomic E-state index is 0.731. The molecule has 1 aromatic carbocycles. The van der Waals surface area contributed by atoms with Crippen molar-refractivity contribution in [1.29, 1.82) is 0 Å². The maximum Gasteiger partial charge on any atom is 0.181 e. The van der Waals surface area contributed by atoms with E-state index in [4.69, 9.17) is 0 Å². The molecule has 0 radical (unpaired) electrons. The fraction of sp³-hybridized carbons (Fsp3) is 0.0833. The molecule has 1 aromatic heterocycles. The Hall–Kier alpha value is -2.00. The van der Waals surface area contributed by atoms with E-state index >= 15 is 0 Å². The zero-order chi connectivity index (χ0) is 12.8. The van der Waals surface area contributed by atoms with Crippen LogP contribution in [0.2, 0.25) is 0 Å². The first kappa shape index (κ1) is 12.5. The molecule has 0 saturated heterocycles. The summed E-state index contributed by atoms with van der Waals surface area (Å²) in [5, 5.41) is 14.5. The Morgan fingerprint density at radius 2 is 1.78 bits per heavy atom. The molecule has 0 spiro atoms. The molecule has 0 aliphatic carbocycles. The second-order valence-corrected chi connectivity index (χ2v) is 3.91. The number of rotatable bonds is 2. The van der Waals surface area contributed by atoms with Crippen molar-refractivity contribution in [2.45, 2.75) is 0 Å². The van der Waals surface area contributed by atoms with Crippen molar-refractivity contribution in [2.75, 3.05) is 5.09 Å². The summed E-state index contributed by atoms with van der Waals surface area (Å²) in [6, 6.07) is 15.7. The van der Waals surface area contributed by atoms with Gasteiger partial charge in [-0.1, -0.05) is 36.4 Å². The molecule has 0 aliphatic rings. The predicted octanol–water partition coefficient (Wildman–Crippen LogP) is 2.20. The topological polar surface area (TPSA) is 55.6 Å². The fourth-order valence-electron chi connectivity index (χ4n) is 1.47. The van der Waals surface area contributed by atoms with Crippen LogP contribution < -0.4 is 5.09 Å². The second-order valence-electron chi connectivity index (χ2n) is 3.62. The molecule has 6 heteroatoms. The number of nitrogens with zero attached hydrogens (tertiary/aromatic N) is 4. The summed E-state index contributed by atoms with van der Waals surface area (Å²) < 4.78 is 1.64. The van der Waals surface area contributed by atoms with Crippen LogP contribution in [-0.2, 0) is 7.05 Å². The molecule has 1 unspecified atom stereocenters. The minimum Gasteiger partial charge on any atom is -0.369 e. The van der Waals surface area contributed by atoms with Crippen LogP contribution in [0.4, 0.5) is 5.69 Å². The van der Waals surface area contributed by atoms with Crippen molar-refractivity contribution >= 4 is 15.1 Å². The summed E-state index contributed by atoms with van der Waals surface area (Å²) >= 11 is 0. The summed E-state index contributed by atoms with van der Waals surface area (Å²) in [4.78, 5) is 0. The number of hydrogen-bond donors (Lipinski definition) is 1. The van der Waals surface area contributed by atoms with E-state index in [0.717, 1.165) is 17.1 Å². The Morgan fingerprint density at radius 3 is 2.50 bits per heavy atom. The Labute approximate surface area is 108 Å². The van der Waals surface area contributed by atoms with Gasteiger partial charge in [0.2, 0.25) is 0 Å². The van der Waals surface area contributed by atoms with Crippen molar-refractivity contribution in [3.8, 4) is 11.4 Å². The Morgan fingerprint density at radius 1 is 1.06 bits per heavy atom. The van der Waals surface area contributed by atoms with Crippen LogP contribution in [0.3, 0.4) is 0 Å². The van der Waals surface area contributed by atoms with Gasteiger partial charge in [-0.05, 0) is 32.0 Å². The standard InChI is InChI=1S/C12H14N5P/c1-17-12(13-15-16-17)10-6-3-2-4-8-11(14-18)9-5-7-10/h2-9,14H,18H2,1H3. The zero-order valence-corrected chi connectivity index (χ0v) is 11.1. The third-order valence-corrected chi connectivity index (χ3v) is 2.70. The van der Waals surface area contributed by atoms with Crippen LogP contribution in [0.25, 0.3) is 11.4 Å². The summed E-state index contributed by atoms with van der Waals surface area (Å²) in [7, 11) is 4.29. The highest BCUT2D eigenvalue weighted by Gasteiger charge is 2.02. The normalized spacial score (nSPS) is 9.67. The molecule has 92 valence electrons. The quantitative estimate of drug-likeness (QED) is 0.840. The lowest BCUT2D eigenvalue weighted by atomic mass is 10.2. The van der Waals surface area contributed by atoms with E-state index in [0.29, 0.717) is 0 Å². The summed E-state index contributed by atoms with van der Waals surface area (Å²) in [5.74, 6) is 0.731. The minimum absolute atomic E-state index is 0.731. The monoisotopic (exact) mass is 259 g/mol. The van der Waals surface area contributed by atoms with Gasteiger partial charge in [-0.3, -0.25) is 0 Å². The van der Waals surface area contributed by atoms with Crippen molar-refractivity contribution in [3.63, 3.8) is 0 Å². The van der Waals surface area contributed by atoms with Crippen LogP contribution in [0.15, 0.2) is 48.5 Å². The van der Waals surface area contributed by atoms with Crippen LogP contribution in [0.1, 0.15) is 0 Å². The van der Waals surface area contributed by atoms with E-state index in [1.54, 1.807) is 4.68 Å². The van der Waals surface area contributed by atoms with E-state index in [2.05, 4.69) is 30.0 Å². The number of nitrogens with one attached hydrogen (secondary N) is 1. The molecule has 1 N–H and O–H groups in total. The number of hydrogen-bond acceptors (Lipinski definition) is 4. The van der Waals surface area contributed by atoms with Crippen molar-refractivity contribution in [2.24, 2.45) is 7.05 Å². The van der Waals surface area contributed by atoms with Crippen molar-refractivity contribution in [1.82, 2.24) is 20.2 Å². The van der Waals surface area contributed by atoms with Crippen LogP contribution in [0, 0.1) is 0 Å². The molecule has 2 rings (SSSR count). The summed E-state index contributed by atoms with van der Waals surface area (Å²) in [5.41, 5.74) is 1.95. The lowest BCUT2D eigenvalue weighted by Crippen LogP contribution is -1.93. The first-order chi connectivity index (χ1) is 8.81. The number of aromatic nitrogens is 4. The lowest BCUT2D eigenvalue weighted by molar-refractivity contribution is 0.715. The van der Waals surface area contributed by atoms with Gasteiger partial charge in [-0.2, -0.15) is 0 Å². The second kappa shape index (κ2) is 6.07. The first-order valence-electron chi connectivity index (χ1n) is 5.44. The molecular weight excluding hydrogens is 245 g/mol. The van der Waals surface area contributed by atoms with Gasteiger partial charge in [-0.15, -0.1) is 5.10 Å². The molecular formula is C12H14N5P.